The summed E-state index contributed by atoms with van der Waals surface area (Å²) in [7, 11) is 2.27. The topological polar surface area (TPSA) is 3.24 Å². The monoisotopic (exact) mass is 279 g/mol. The molecule has 1 fully saturated rings. The molecule has 3 heteroatoms. The lowest BCUT2D eigenvalue weighted by atomic mass is 10.1. The van der Waals surface area contributed by atoms with E-state index in [-0.39, 0.29) is 0 Å². The molecule has 0 saturated heterocycles. The molecule has 1 unspecified atom stereocenters. The lowest BCUT2D eigenvalue weighted by molar-refractivity contribution is 0.214. The van der Waals surface area contributed by atoms with Crippen molar-refractivity contribution in [2.24, 2.45) is 5.41 Å². The highest BCUT2D eigenvalue weighted by Gasteiger charge is 2.42. The molecule has 0 N–H and O–H groups in total. The van der Waals surface area contributed by atoms with Crippen molar-refractivity contribution < 1.29 is 0 Å². The molecule has 1 rings (SSSR count). The van der Waals surface area contributed by atoms with Gasteiger partial charge >= 0.3 is 0 Å². The maximum Gasteiger partial charge on any atom is 0.0100 e. The van der Waals surface area contributed by atoms with Crippen LogP contribution in [0.5, 0.6) is 0 Å². The molecule has 0 amide bonds. The zero-order valence-corrected chi connectivity index (χ0v) is 12.0. The van der Waals surface area contributed by atoms with E-state index in [2.05, 4.69) is 41.1 Å². The maximum atomic E-state index is 3.63. The van der Waals surface area contributed by atoms with Gasteiger partial charge in [-0.3, -0.25) is 0 Å². The van der Waals surface area contributed by atoms with Crippen molar-refractivity contribution in [1.29, 1.82) is 0 Å². The Balaban J connectivity index is 2.23. The third-order valence-electron chi connectivity index (χ3n) is 3.32. The molecular weight excluding hydrogens is 258 g/mol. The molecule has 0 radical (unpaired) electrons. The van der Waals surface area contributed by atoms with Crippen molar-refractivity contribution in [2.75, 3.05) is 30.9 Å². The molecule has 84 valence electrons. The summed E-state index contributed by atoms with van der Waals surface area (Å²) < 4.78 is 0. The molecule has 0 aromatic heterocycles. The van der Waals surface area contributed by atoms with Crippen molar-refractivity contribution in [3.63, 3.8) is 0 Å². The van der Waals surface area contributed by atoms with E-state index in [0.717, 1.165) is 6.04 Å². The first-order valence-electron chi connectivity index (χ1n) is 5.39. The van der Waals surface area contributed by atoms with E-state index in [1.54, 1.807) is 0 Å². The SMILES string of the molecule is CSCCC(C)N(C)CC1(CBr)CC1. The van der Waals surface area contributed by atoms with E-state index in [9.17, 15) is 0 Å². The van der Waals surface area contributed by atoms with E-state index in [1.807, 2.05) is 11.8 Å². The van der Waals surface area contributed by atoms with Crippen molar-refractivity contribution in [1.82, 2.24) is 4.90 Å². The first kappa shape index (κ1) is 12.9. The van der Waals surface area contributed by atoms with Crippen LogP contribution in [0.3, 0.4) is 0 Å². The molecule has 0 aromatic carbocycles. The third-order valence-corrected chi connectivity index (χ3v) is 5.15. The van der Waals surface area contributed by atoms with E-state index in [0.29, 0.717) is 5.41 Å². The Labute approximate surface area is 101 Å². The van der Waals surface area contributed by atoms with Gasteiger partial charge in [0, 0.05) is 17.9 Å². The average molecular weight is 280 g/mol. The van der Waals surface area contributed by atoms with Crippen LogP contribution in [0.4, 0.5) is 0 Å². The van der Waals surface area contributed by atoms with Crippen LogP contribution in [0.15, 0.2) is 0 Å². The number of rotatable bonds is 7. The lowest BCUT2D eigenvalue weighted by Crippen LogP contribution is -2.35. The largest absolute Gasteiger partial charge is 0.303 e. The summed E-state index contributed by atoms with van der Waals surface area (Å²) in [5, 5.41) is 1.18. The minimum Gasteiger partial charge on any atom is -0.303 e. The van der Waals surface area contributed by atoms with Crippen LogP contribution in [0, 0.1) is 5.41 Å². The molecule has 0 spiro atoms. The Morgan fingerprint density at radius 3 is 2.57 bits per heavy atom. The van der Waals surface area contributed by atoms with Crippen LogP contribution in [0.2, 0.25) is 0 Å². The van der Waals surface area contributed by atoms with Crippen LogP contribution in [0.25, 0.3) is 0 Å². The van der Waals surface area contributed by atoms with Gasteiger partial charge in [-0.2, -0.15) is 11.8 Å². The second kappa shape index (κ2) is 5.76. The molecule has 0 aromatic rings. The highest BCUT2D eigenvalue weighted by atomic mass is 79.9. The van der Waals surface area contributed by atoms with Gasteiger partial charge in [0.25, 0.3) is 0 Å². The van der Waals surface area contributed by atoms with Crippen molar-refractivity contribution in [3.05, 3.63) is 0 Å². The predicted molar refractivity (Wildman–Crippen MR) is 70.6 cm³/mol. The summed E-state index contributed by atoms with van der Waals surface area (Å²) in [6.45, 7) is 3.62. The molecule has 0 aliphatic heterocycles. The quantitative estimate of drug-likeness (QED) is 0.659. The third kappa shape index (κ3) is 3.74. The van der Waals surface area contributed by atoms with E-state index in [1.165, 1.54) is 36.9 Å². The number of alkyl halides is 1. The molecule has 1 saturated carbocycles. The van der Waals surface area contributed by atoms with E-state index >= 15 is 0 Å². The molecule has 0 bridgehead atoms. The number of thioether (sulfide) groups is 1. The Morgan fingerprint density at radius 1 is 1.50 bits per heavy atom. The molecule has 14 heavy (non-hydrogen) atoms. The molecule has 1 nitrogen and oxygen atoms in total. The van der Waals surface area contributed by atoms with E-state index < -0.39 is 0 Å². The van der Waals surface area contributed by atoms with Gasteiger partial charge in [0.1, 0.15) is 0 Å². The average Bonchev–Trinajstić information content (AvgIpc) is 2.94. The Hall–Kier alpha value is 0.790. The zero-order chi connectivity index (χ0) is 10.6. The fourth-order valence-electron chi connectivity index (χ4n) is 1.70. The molecule has 1 atom stereocenters. The summed E-state index contributed by atoms with van der Waals surface area (Å²) in [6.07, 6.45) is 6.33. The van der Waals surface area contributed by atoms with Gasteiger partial charge in [0.2, 0.25) is 0 Å². The van der Waals surface area contributed by atoms with Crippen LogP contribution < -0.4 is 0 Å². The van der Waals surface area contributed by atoms with Crippen LogP contribution in [0.1, 0.15) is 26.2 Å². The second-order valence-corrected chi connectivity index (χ2v) is 6.23. The normalized spacial score (nSPS) is 21.2. The van der Waals surface area contributed by atoms with Crippen molar-refractivity contribution in [3.8, 4) is 0 Å². The smallest absolute Gasteiger partial charge is 0.0100 e. The van der Waals surface area contributed by atoms with E-state index in [4.69, 9.17) is 0 Å². The maximum absolute atomic E-state index is 3.63. The highest BCUT2D eigenvalue weighted by molar-refractivity contribution is 9.09. The Bertz CT molecular complexity index is 171. The summed E-state index contributed by atoms with van der Waals surface area (Å²) >= 11 is 5.58. The van der Waals surface area contributed by atoms with Crippen molar-refractivity contribution >= 4 is 27.7 Å². The summed E-state index contributed by atoms with van der Waals surface area (Å²) in [4.78, 5) is 2.53. The first-order valence-corrected chi connectivity index (χ1v) is 7.90. The number of hydrogen-bond donors (Lipinski definition) is 0. The van der Waals surface area contributed by atoms with Gasteiger partial charge < -0.3 is 4.90 Å². The van der Waals surface area contributed by atoms with Gasteiger partial charge in [-0.1, -0.05) is 15.9 Å². The lowest BCUT2D eigenvalue weighted by Gasteiger charge is -2.28. The number of halogens is 1. The standard InChI is InChI=1S/C11H22BrNS/c1-10(4-7-14-3)13(2)9-11(8-12)5-6-11/h10H,4-9H2,1-3H3. The zero-order valence-electron chi connectivity index (χ0n) is 9.55. The predicted octanol–water partition coefficient (Wildman–Crippen LogP) is 3.23. The summed E-state index contributed by atoms with van der Waals surface area (Å²) in [5.41, 5.74) is 0.627. The summed E-state index contributed by atoms with van der Waals surface area (Å²) in [6, 6.07) is 0.735. The molecule has 1 aliphatic carbocycles. The minimum absolute atomic E-state index is 0.627. The Kier molecular flexibility index (Phi) is 5.29. The summed E-state index contributed by atoms with van der Waals surface area (Å²) in [5.74, 6) is 1.28. The van der Waals surface area contributed by atoms with Crippen LogP contribution in [-0.4, -0.2) is 41.9 Å². The van der Waals surface area contributed by atoms with Gasteiger partial charge in [-0.05, 0) is 50.7 Å². The van der Waals surface area contributed by atoms with Crippen LogP contribution >= 0.6 is 27.7 Å². The van der Waals surface area contributed by atoms with Gasteiger partial charge in [0.15, 0.2) is 0 Å². The Morgan fingerprint density at radius 2 is 2.14 bits per heavy atom. The van der Waals surface area contributed by atoms with Gasteiger partial charge in [0.05, 0.1) is 0 Å². The van der Waals surface area contributed by atoms with Gasteiger partial charge in [-0.15, -0.1) is 0 Å². The first-order chi connectivity index (χ1) is 6.63. The molecule has 1 aliphatic rings. The highest BCUT2D eigenvalue weighted by Crippen LogP contribution is 2.47. The number of nitrogens with zero attached hydrogens (tertiary/aromatic N) is 1. The molecular formula is C11H22BrNS. The van der Waals surface area contributed by atoms with Gasteiger partial charge in [-0.25, -0.2) is 0 Å². The second-order valence-electron chi connectivity index (χ2n) is 4.68. The van der Waals surface area contributed by atoms with Crippen LogP contribution in [-0.2, 0) is 0 Å². The molecule has 0 heterocycles. The number of hydrogen-bond acceptors (Lipinski definition) is 2. The minimum atomic E-state index is 0.627. The fourth-order valence-corrected chi connectivity index (χ4v) is 3.02. The fraction of sp³-hybridized carbons (Fsp3) is 1.00. The van der Waals surface area contributed by atoms with Crippen molar-refractivity contribution in [2.45, 2.75) is 32.2 Å².